The summed E-state index contributed by atoms with van der Waals surface area (Å²) in [4.78, 5) is 15.9. The van der Waals surface area contributed by atoms with E-state index in [0.717, 1.165) is 22.8 Å². The minimum Gasteiger partial charge on any atom is -0.384 e. The zero-order chi connectivity index (χ0) is 13.8. The minimum atomic E-state index is -0.153. The van der Waals surface area contributed by atoms with E-state index in [4.69, 9.17) is 5.11 Å². The summed E-state index contributed by atoms with van der Waals surface area (Å²) in [7, 11) is 0. The average molecular weight is 295 g/mol. The van der Waals surface area contributed by atoms with Crippen LogP contribution in [-0.4, -0.2) is 46.1 Å². The van der Waals surface area contributed by atoms with E-state index in [-0.39, 0.29) is 12.5 Å². The molecule has 102 valence electrons. The van der Waals surface area contributed by atoms with Gasteiger partial charge in [-0.1, -0.05) is 25.7 Å². The van der Waals surface area contributed by atoms with Gasteiger partial charge in [-0.25, -0.2) is 0 Å². The fourth-order valence-electron chi connectivity index (χ4n) is 2.15. The van der Waals surface area contributed by atoms with Crippen molar-refractivity contribution in [1.29, 1.82) is 0 Å². The van der Waals surface area contributed by atoms with Crippen molar-refractivity contribution in [3.8, 4) is 11.8 Å². The second-order valence-corrected chi connectivity index (χ2v) is 7.56. The molecular weight excluding hydrogens is 278 g/mol. The van der Waals surface area contributed by atoms with Crippen molar-refractivity contribution in [1.82, 2.24) is 4.90 Å². The molecule has 1 amide bonds. The molecule has 1 aliphatic heterocycles. The molecule has 1 aromatic heterocycles. The number of nitrogens with zero attached hydrogens (tertiary/aromatic N) is 1. The van der Waals surface area contributed by atoms with Crippen LogP contribution in [0.25, 0.3) is 0 Å². The highest BCUT2D eigenvalue weighted by Crippen LogP contribution is 2.27. The SMILES string of the molecule is CC1CN(C(=O)c2ccc(C#CCO)s2)CC(C)S1. The Labute approximate surface area is 122 Å². The molecule has 2 unspecified atom stereocenters. The van der Waals surface area contributed by atoms with E-state index in [0.29, 0.717) is 10.5 Å². The molecule has 3 nitrogen and oxygen atoms in total. The van der Waals surface area contributed by atoms with Crippen LogP contribution >= 0.6 is 23.1 Å². The predicted molar refractivity (Wildman–Crippen MR) is 80.7 cm³/mol. The topological polar surface area (TPSA) is 40.5 Å². The average Bonchev–Trinajstić information content (AvgIpc) is 2.83. The van der Waals surface area contributed by atoms with Crippen molar-refractivity contribution in [2.24, 2.45) is 0 Å². The molecule has 5 heteroatoms. The largest absolute Gasteiger partial charge is 0.384 e. The van der Waals surface area contributed by atoms with Gasteiger partial charge < -0.3 is 10.0 Å². The number of carbonyl (C=O) groups excluding carboxylic acids is 1. The van der Waals surface area contributed by atoms with Crippen LogP contribution in [0, 0.1) is 11.8 Å². The molecular formula is C14H17NO2S2. The molecule has 0 spiro atoms. The molecule has 0 saturated carbocycles. The Morgan fingerprint density at radius 2 is 2.11 bits per heavy atom. The van der Waals surface area contributed by atoms with Crippen LogP contribution < -0.4 is 0 Å². The third-order valence-electron chi connectivity index (χ3n) is 2.81. The fourth-order valence-corrected chi connectivity index (χ4v) is 4.32. The van der Waals surface area contributed by atoms with Crippen LogP contribution in [0.2, 0.25) is 0 Å². The number of thioether (sulfide) groups is 1. The maximum absolute atomic E-state index is 12.4. The van der Waals surface area contributed by atoms with Crippen LogP contribution in [0.15, 0.2) is 12.1 Å². The number of hydrogen-bond donors (Lipinski definition) is 1. The standard InChI is InChI=1S/C14H17NO2S2/c1-10-8-15(9-11(2)18-10)14(17)13-6-5-12(19-13)4-3-7-16/h5-6,10-11,16H,7-9H2,1-2H3. The zero-order valence-corrected chi connectivity index (χ0v) is 12.7. The Hall–Kier alpha value is -0.960. The lowest BCUT2D eigenvalue weighted by atomic mass is 10.3. The third-order valence-corrected chi connectivity index (χ3v) is 5.03. The number of carbonyl (C=O) groups is 1. The first-order valence-electron chi connectivity index (χ1n) is 6.24. The zero-order valence-electron chi connectivity index (χ0n) is 11.0. The highest BCUT2D eigenvalue weighted by molar-refractivity contribution is 8.00. The van der Waals surface area contributed by atoms with Crippen molar-refractivity contribution in [3.05, 3.63) is 21.9 Å². The molecule has 2 heterocycles. The summed E-state index contributed by atoms with van der Waals surface area (Å²) in [5.41, 5.74) is 0. The molecule has 2 atom stereocenters. The number of rotatable bonds is 1. The molecule has 0 aliphatic carbocycles. The normalized spacial score (nSPS) is 22.8. The van der Waals surface area contributed by atoms with Gasteiger partial charge in [-0.15, -0.1) is 11.3 Å². The monoisotopic (exact) mass is 295 g/mol. The molecule has 1 N–H and O–H groups in total. The van der Waals surface area contributed by atoms with Crippen LogP contribution in [0.5, 0.6) is 0 Å². The Morgan fingerprint density at radius 3 is 2.74 bits per heavy atom. The van der Waals surface area contributed by atoms with Crippen LogP contribution in [0.4, 0.5) is 0 Å². The molecule has 19 heavy (non-hydrogen) atoms. The maximum Gasteiger partial charge on any atom is 0.264 e. The number of hydrogen-bond acceptors (Lipinski definition) is 4. The highest BCUT2D eigenvalue weighted by Gasteiger charge is 2.27. The van der Waals surface area contributed by atoms with Crippen molar-refractivity contribution < 1.29 is 9.90 Å². The molecule has 0 bridgehead atoms. The van der Waals surface area contributed by atoms with Crippen molar-refractivity contribution in [2.75, 3.05) is 19.7 Å². The lowest BCUT2D eigenvalue weighted by Crippen LogP contribution is -2.43. The van der Waals surface area contributed by atoms with Gasteiger partial charge >= 0.3 is 0 Å². The van der Waals surface area contributed by atoms with E-state index < -0.39 is 0 Å². The lowest BCUT2D eigenvalue weighted by Gasteiger charge is -2.34. The van der Waals surface area contributed by atoms with E-state index >= 15 is 0 Å². The Kier molecular flexibility index (Phi) is 4.92. The summed E-state index contributed by atoms with van der Waals surface area (Å²) >= 11 is 3.33. The second-order valence-electron chi connectivity index (χ2n) is 4.59. The number of aliphatic hydroxyl groups is 1. The van der Waals surface area contributed by atoms with Gasteiger partial charge in [0, 0.05) is 23.6 Å². The summed E-state index contributed by atoms with van der Waals surface area (Å²) in [5, 5.41) is 9.63. The van der Waals surface area contributed by atoms with Gasteiger partial charge in [-0.05, 0) is 12.1 Å². The molecule has 1 aliphatic rings. The minimum absolute atomic E-state index is 0.0982. The number of thiophene rings is 1. The van der Waals surface area contributed by atoms with Crippen molar-refractivity contribution in [2.45, 2.75) is 24.3 Å². The lowest BCUT2D eigenvalue weighted by molar-refractivity contribution is 0.0758. The van der Waals surface area contributed by atoms with Gasteiger partial charge in [-0.2, -0.15) is 11.8 Å². The van der Waals surface area contributed by atoms with Gasteiger partial charge in [0.1, 0.15) is 6.61 Å². The molecule has 2 rings (SSSR count). The maximum atomic E-state index is 12.4. The predicted octanol–water partition coefficient (Wildman–Crippen LogP) is 2.06. The Balaban J connectivity index is 2.08. The van der Waals surface area contributed by atoms with Gasteiger partial charge in [0.15, 0.2) is 0 Å². The third kappa shape index (κ3) is 3.75. The van der Waals surface area contributed by atoms with Gasteiger partial charge in [0.05, 0.1) is 9.75 Å². The van der Waals surface area contributed by atoms with Crippen LogP contribution in [-0.2, 0) is 0 Å². The fraction of sp³-hybridized carbons (Fsp3) is 0.500. The summed E-state index contributed by atoms with van der Waals surface area (Å²) < 4.78 is 0. The van der Waals surface area contributed by atoms with Crippen LogP contribution in [0.1, 0.15) is 28.4 Å². The molecule has 1 saturated heterocycles. The molecule has 1 aromatic rings. The van der Waals surface area contributed by atoms with Crippen LogP contribution in [0.3, 0.4) is 0 Å². The van der Waals surface area contributed by atoms with Gasteiger partial charge in [0.25, 0.3) is 5.91 Å². The van der Waals surface area contributed by atoms with Crippen molar-refractivity contribution in [3.63, 3.8) is 0 Å². The van der Waals surface area contributed by atoms with Crippen molar-refractivity contribution >= 4 is 29.0 Å². The van der Waals surface area contributed by atoms with E-state index in [1.165, 1.54) is 11.3 Å². The quantitative estimate of drug-likeness (QED) is 0.806. The number of aliphatic hydroxyl groups excluding tert-OH is 1. The summed E-state index contributed by atoms with van der Waals surface area (Å²) in [6.45, 7) is 5.78. The summed E-state index contributed by atoms with van der Waals surface area (Å²) in [5.74, 6) is 5.53. The Bertz CT molecular complexity index is 505. The van der Waals surface area contributed by atoms with E-state index in [1.54, 1.807) is 0 Å². The molecule has 1 fully saturated rings. The molecule has 0 aromatic carbocycles. The first-order valence-corrected chi connectivity index (χ1v) is 8.00. The summed E-state index contributed by atoms with van der Waals surface area (Å²) in [6, 6.07) is 3.66. The van der Waals surface area contributed by atoms with Gasteiger partial charge in [0.2, 0.25) is 0 Å². The number of amides is 1. The van der Waals surface area contributed by atoms with E-state index in [2.05, 4.69) is 25.7 Å². The van der Waals surface area contributed by atoms with E-state index in [9.17, 15) is 4.79 Å². The van der Waals surface area contributed by atoms with Gasteiger partial charge in [-0.3, -0.25) is 4.79 Å². The smallest absolute Gasteiger partial charge is 0.264 e. The molecule has 0 radical (unpaired) electrons. The first-order chi connectivity index (χ1) is 9.10. The summed E-state index contributed by atoms with van der Waals surface area (Å²) in [6.07, 6.45) is 0. The highest BCUT2D eigenvalue weighted by atomic mass is 32.2. The van der Waals surface area contributed by atoms with E-state index in [1.807, 2.05) is 28.8 Å². The first kappa shape index (κ1) is 14.4. The Morgan fingerprint density at radius 1 is 1.42 bits per heavy atom. The second kappa shape index (κ2) is 6.47.